The van der Waals surface area contributed by atoms with Gasteiger partial charge in [-0.3, -0.25) is 14.5 Å². The zero-order valence-corrected chi connectivity index (χ0v) is 25.1. The minimum absolute atomic E-state index is 0.0776. The maximum absolute atomic E-state index is 13.7. The number of halogens is 3. The standard InChI is InChI=1S/C30H43F3N8O/c1-6-9-24(17-28(20(2)3)41(35)19-27(34)26-18-37-39(5)21(26)4)38-29(42)22-14-23(30(31,32)33)16-25(15-22)36-10-13-40-11-7-8-12-40/h9,14-20,36H,6-8,10-13,34-35H2,1-5H3,(H,38,42)/b24-9+,27-19-,28-17+. The van der Waals surface area contributed by atoms with Gasteiger partial charge in [-0.1, -0.05) is 26.8 Å². The fourth-order valence-electron chi connectivity index (χ4n) is 4.73. The molecule has 2 aromatic rings. The lowest BCUT2D eigenvalue weighted by Gasteiger charge is -2.23. The summed E-state index contributed by atoms with van der Waals surface area (Å²) in [6, 6.07) is 3.35. The Labute approximate surface area is 246 Å². The van der Waals surface area contributed by atoms with Gasteiger partial charge in [-0.15, -0.1) is 0 Å². The molecule has 1 aliphatic rings. The topological polar surface area (TPSA) is 117 Å². The van der Waals surface area contributed by atoms with Crippen molar-refractivity contribution in [2.24, 2.45) is 24.5 Å². The molecule has 9 nitrogen and oxygen atoms in total. The molecule has 6 N–H and O–H groups in total. The van der Waals surface area contributed by atoms with Crippen LogP contribution in [0.3, 0.4) is 0 Å². The van der Waals surface area contributed by atoms with Crippen molar-refractivity contribution < 1.29 is 18.0 Å². The number of amides is 1. The molecule has 0 atom stereocenters. The van der Waals surface area contributed by atoms with Crippen LogP contribution in [0.15, 0.2) is 54.1 Å². The maximum atomic E-state index is 13.7. The average Bonchev–Trinajstić information content (AvgIpc) is 3.55. The molecule has 2 heterocycles. The van der Waals surface area contributed by atoms with E-state index in [2.05, 4.69) is 20.6 Å². The van der Waals surface area contributed by atoms with Crippen molar-refractivity contribution in [2.45, 2.75) is 53.1 Å². The number of carbonyl (C=O) groups is 1. The van der Waals surface area contributed by atoms with Crippen LogP contribution in [0.4, 0.5) is 18.9 Å². The number of aryl methyl sites for hydroxylation is 1. The lowest BCUT2D eigenvalue weighted by molar-refractivity contribution is -0.137. The van der Waals surface area contributed by atoms with Crippen LogP contribution < -0.4 is 22.2 Å². The summed E-state index contributed by atoms with van der Waals surface area (Å²) >= 11 is 0. The molecule has 0 radical (unpaired) electrons. The Morgan fingerprint density at radius 1 is 1.21 bits per heavy atom. The number of hydrogen-bond acceptors (Lipinski definition) is 7. The molecule has 12 heteroatoms. The summed E-state index contributed by atoms with van der Waals surface area (Å²) in [5, 5.41) is 11.4. The highest BCUT2D eigenvalue weighted by atomic mass is 19.4. The molecule has 0 unspecified atom stereocenters. The molecule has 230 valence electrons. The van der Waals surface area contributed by atoms with Crippen LogP contribution in [0.25, 0.3) is 5.70 Å². The average molecular weight is 589 g/mol. The monoisotopic (exact) mass is 588 g/mol. The molecular weight excluding hydrogens is 545 g/mol. The van der Waals surface area contributed by atoms with Gasteiger partial charge < -0.3 is 21.3 Å². The molecule has 42 heavy (non-hydrogen) atoms. The number of hydrazine groups is 1. The fraction of sp³-hybridized carbons (Fsp3) is 0.467. The number of benzene rings is 1. The van der Waals surface area contributed by atoms with Gasteiger partial charge >= 0.3 is 6.18 Å². The summed E-state index contributed by atoms with van der Waals surface area (Å²) in [5.74, 6) is 5.65. The van der Waals surface area contributed by atoms with E-state index in [0.29, 0.717) is 30.1 Å². The molecule has 1 fully saturated rings. The number of aromatic nitrogens is 2. The van der Waals surface area contributed by atoms with E-state index in [9.17, 15) is 18.0 Å². The van der Waals surface area contributed by atoms with Gasteiger partial charge in [-0.25, -0.2) is 5.84 Å². The van der Waals surface area contributed by atoms with Crippen molar-refractivity contribution in [1.82, 2.24) is 25.0 Å². The van der Waals surface area contributed by atoms with Gasteiger partial charge in [0.1, 0.15) is 0 Å². The Balaban J connectivity index is 1.84. The van der Waals surface area contributed by atoms with E-state index < -0.39 is 17.6 Å². The van der Waals surface area contributed by atoms with Crippen LogP contribution in [0.2, 0.25) is 0 Å². The summed E-state index contributed by atoms with van der Waals surface area (Å²) in [6.45, 7) is 10.8. The number of likely N-dealkylation sites (tertiary alicyclic amines) is 1. The SMILES string of the molecule is CC/C=C(\C=C(/C(C)C)N(N)/C=C(\N)c1cnn(C)c1C)NC(=O)c1cc(NCCN2CCCC2)cc(C(F)(F)F)c1. The van der Waals surface area contributed by atoms with E-state index in [0.717, 1.165) is 55.9 Å². The Morgan fingerprint density at radius 3 is 2.48 bits per heavy atom. The first-order chi connectivity index (χ1) is 19.8. The first kappa shape index (κ1) is 32.7. The van der Waals surface area contributed by atoms with Gasteiger partial charge in [0.25, 0.3) is 5.91 Å². The molecule has 0 saturated carbocycles. The van der Waals surface area contributed by atoms with Crippen molar-refractivity contribution in [3.05, 3.63) is 76.5 Å². The first-order valence-corrected chi connectivity index (χ1v) is 14.2. The summed E-state index contributed by atoms with van der Waals surface area (Å²) in [5.41, 5.74) is 8.62. The van der Waals surface area contributed by atoms with Crippen LogP contribution >= 0.6 is 0 Å². The van der Waals surface area contributed by atoms with E-state index in [1.165, 1.54) is 11.1 Å². The lowest BCUT2D eigenvalue weighted by Crippen LogP contribution is -2.30. The third kappa shape index (κ3) is 8.86. The summed E-state index contributed by atoms with van der Waals surface area (Å²) in [4.78, 5) is 15.6. The zero-order valence-electron chi connectivity index (χ0n) is 25.1. The Bertz CT molecular complexity index is 1320. The number of nitrogens with two attached hydrogens (primary N) is 2. The van der Waals surface area contributed by atoms with Gasteiger partial charge in [0.05, 0.1) is 17.5 Å². The molecule has 0 bridgehead atoms. The molecule has 1 aromatic heterocycles. The van der Waals surface area contributed by atoms with Crippen LogP contribution in [0, 0.1) is 12.8 Å². The molecule has 0 aliphatic carbocycles. The van der Waals surface area contributed by atoms with Gasteiger partial charge in [0, 0.05) is 60.2 Å². The molecule has 1 aliphatic heterocycles. The van der Waals surface area contributed by atoms with Crippen LogP contribution in [-0.4, -0.2) is 51.8 Å². The number of allylic oxidation sites excluding steroid dienone is 3. The van der Waals surface area contributed by atoms with Crippen molar-refractivity contribution in [1.29, 1.82) is 0 Å². The molecule has 0 spiro atoms. The highest BCUT2D eigenvalue weighted by Crippen LogP contribution is 2.32. The second-order valence-electron chi connectivity index (χ2n) is 10.8. The van der Waals surface area contributed by atoms with Gasteiger partial charge in [0.2, 0.25) is 0 Å². The Kier molecular flexibility index (Phi) is 11.2. The Hall–Kier alpha value is -3.77. The van der Waals surface area contributed by atoms with E-state index in [4.69, 9.17) is 11.6 Å². The third-order valence-corrected chi connectivity index (χ3v) is 7.18. The second-order valence-corrected chi connectivity index (χ2v) is 10.8. The normalized spacial score (nSPS) is 15.4. The molecular formula is C30H43F3N8O. The first-order valence-electron chi connectivity index (χ1n) is 14.2. The van der Waals surface area contributed by atoms with Gasteiger partial charge in [-0.2, -0.15) is 18.3 Å². The third-order valence-electron chi connectivity index (χ3n) is 7.18. The van der Waals surface area contributed by atoms with E-state index >= 15 is 0 Å². The fourth-order valence-corrected chi connectivity index (χ4v) is 4.73. The Morgan fingerprint density at radius 2 is 1.90 bits per heavy atom. The highest BCUT2D eigenvalue weighted by Gasteiger charge is 2.32. The zero-order chi connectivity index (χ0) is 31.0. The highest BCUT2D eigenvalue weighted by molar-refractivity contribution is 5.96. The summed E-state index contributed by atoms with van der Waals surface area (Å²) in [6.07, 6.45) is 4.93. The lowest BCUT2D eigenvalue weighted by atomic mass is 10.1. The predicted molar refractivity (Wildman–Crippen MR) is 161 cm³/mol. The van der Waals surface area contributed by atoms with Crippen LogP contribution in [0.5, 0.6) is 0 Å². The molecule has 3 rings (SSSR count). The number of nitrogens with zero attached hydrogens (tertiary/aromatic N) is 4. The van der Waals surface area contributed by atoms with Crippen molar-refractivity contribution >= 4 is 17.3 Å². The van der Waals surface area contributed by atoms with Crippen molar-refractivity contribution in [3.8, 4) is 0 Å². The van der Waals surface area contributed by atoms with E-state index in [-0.39, 0.29) is 17.2 Å². The quantitative estimate of drug-likeness (QED) is 0.157. The van der Waals surface area contributed by atoms with E-state index in [1.54, 1.807) is 29.2 Å². The second kappa shape index (κ2) is 14.4. The summed E-state index contributed by atoms with van der Waals surface area (Å²) in [7, 11) is 1.81. The molecule has 1 amide bonds. The number of carbonyl (C=O) groups excluding carboxylic acids is 1. The maximum Gasteiger partial charge on any atom is 0.416 e. The summed E-state index contributed by atoms with van der Waals surface area (Å²) < 4.78 is 42.9. The number of rotatable bonds is 12. The van der Waals surface area contributed by atoms with Gasteiger partial charge in [-0.05, 0) is 69.5 Å². The van der Waals surface area contributed by atoms with Crippen LogP contribution in [-0.2, 0) is 13.2 Å². The number of anilines is 1. The smallest absolute Gasteiger partial charge is 0.397 e. The molecule has 1 saturated heterocycles. The minimum atomic E-state index is -4.60. The van der Waals surface area contributed by atoms with E-state index in [1.807, 2.05) is 34.7 Å². The van der Waals surface area contributed by atoms with Crippen molar-refractivity contribution in [2.75, 3.05) is 31.5 Å². The number of hydrogen-bond donors (Lipinski definition) is 4. The number of alkyl halides is 3. The minimum Gasteiger partial charge on any atom is -0.397 e. The van der Waals surface area contributed by atoms with Crippen LogP contribution in [0.1, 0.15) is 67.2 Å². The number of nitrogens with one attached hydrogen (secondary N) is 2. The van der Waals surface area contributed by atoms with Crippen molar-refractivity contribution in [3.63, 3.8) is 0 Å². The van der Waals surface area contributed by atoms with Gasteiger partial charge in [0.15, 0.2) is 0 Å². The largest absolute Gasteiger partial charge is 0.416 e. The predicted octanol–water partition coefficient (Wildman–Crippen LogP) is 4.95. The molecule has 1 aromatic carbocycles.